The lowest BCUT2D eigenvalue weighted by atomic mass is 10.1. The third-order valence-corrected chi connectivity index (χ3v) is 6.77. The number of rotatable bonds is 4. The second kappa shape index (κ2) is 7.87. The van der Waals surface area contributed by atoms with Gasteiger partial charge in [0.05, 0.1) is 11.1 Å². The second-order valence-corrected chi connectivity index (χ2v) is 9.09. The van der Waals surface area contributed by atoms with Crippen LogP contribution in [0.25, 0.3) is 15.9 Å². The monoisotopic (exact) mass is 436 g/mol. The van der Waals surface area contributed by atoms with Crippen molar-refractivity contribution in [1.82, 2.24) is 14.5 Å². The molecule has 0 saturated heterocycles. The Hall–Kier alpha value is -2.67. The van der Waals surface area contributed by atoms with E-state index in [0.717, 1.165) is 40.9 Å². The Balaban J connectivity index is 1.68. The van der Waals surface area contributed by atoms with Gasteiger partial charge in [-0.3, -0.25) is 4.79 Å². The molecule has 1 N–H and O–H groups in total. The Bertz CT molecular complexity index is 1280. The normalized spacial score (nSPS) is 14.1. The van der Waals surface area contributed by atoms with Crippen molar-refractivity contribution in [2.45, 2.75) is 19.5 Å². The summed E-state index contributed by atoms with van der Waals surface area (Å²) in [7, 11) is 2.11. The van der Waals surface area contributed by atoms with Crippen LogP contribution in [0.5, 0.6) is 0 Å². The molecule has 4 aromatic rings. The van der Waals surface area contributed by atoms with Crippen molar-refractivity contribution in [1.29, 1.82) is 0 Å². The first-order valence-corrected chi connectivity index (χ1v) is 11.1. The van der Waals surface area contributed by atoms with Gasteiger partial charge in [-0.1, -0.05) is 48.0 Å². The molecule has 0 atom stereocenters. The molecular weight excluding hydrogens is 416 g/mol. The summed E-state index contributed by atoms with van der Waals surface area (Å²) in [5.41, 5.74) is 2.94. The molecular formula is C23H21ClN4OS. The Morgan fingerprint density at radius 2 is 2.00 bits per heavy atom. The molecule has 0 unspecified atom stereocenters. The van der Waals surface area contributed by atoms with Crippen molar-refractivity contribution in [2.75, 3.05) is 18.9 Å². The van der Waals surface area contributed by atoms with E-state index < -0.39 is 0 Å². The average molecular weight is 437 g/mol. The van der Waals surface area contributed by atoms with Crippen LogP contribution in [-0.2, 0) is 19.5 Å². The van der Waals surface area contributed by atoms with Crippen LogP contribution in [0.15, 0.2) is 59.4 Å². The van der Waals surface area contributed by atoms with Crippen LogP contribution in [0.1, 0.15) is 16.0 Å². The van der Waals surface area contributed by atoms with Crippen LogP contribution in [0.3, 0.4) is 0 Å². The number of nitrogens with zero attached hydrogens (tertiary/aromatic N) is 3. The standard InChI is InChI=1S/C23H21ClN4OS/c1-27-11-10-18-19(14-27)30-21-20(18)22(29)28(17-9-5-8-16(24)12-17)23(26-21)25-13-15-6-3-2-4-7-15/h2-9,12H,10-11,13-14H2,1H3,(H,25,26). The largest absolute Gasteiger partial charge is 0.351 e. The maximum atomic E-state index is 13.7. The molecule has 5 rings (SSSR count). The third-order valence-electron chi connectivity index (χ3n) is 5.43. The average Bonchev–Trinajstić information content (AvgIpc) is 3.10. The molecule has 1 aliphatic rings. The van der Waals surface area contributed by atoms with Crippen LogP contribution in [-0.4, -0.2) is 28.0 Å². The molecule has 2 aromatic heterocycles. The second-order valence-electron chi connectivity index (χ2n) is 7.57. The molecule has 152 valence electrons. The Morgan fingerprint density at radius 3 is 2.80 bits per heavy atom. The molecule has 0 bridgehead atoms. The first-order valence-electron chi connectivity index (χ1n) is 9.90. The highest BCUT2D eigenvalue weighted by Crippen LogP contribution is 2.33. The SMILES string of the molecule is CN1CCc2c(sc3nc(NCc4ccccc4)n(-c4cccc(Cl)c4)c(=O)c23)C1. The number of hydrogen-bond acceptors (Lipinski definition) is 5. The van der Waals surface area contributed by atoms with Gasteiger partial charge < -0.3 is 10.2 Å². The highest BCUT2D eigenvalue weighted by atomic mass is 35.5. The Morgan fingerprint density at radius 1 is 1.17 bits per heavy atom. The van der Waals surface area contributed by atoms with Crippen molar-refractivity contribution >= 4 is 39.1 Å². The lowest BCUT2D eigenvalue weighted by Crippen LogP contribution is -2.27. The maximum Gasteiger partial charge on any atom is 0.268 e. The number of anilines is 1. The van der Waals surface area contributed by atoms with Crippen LogP contribution < -0.4 is 10.9 Å². The smallest absolute Gasteiger partial charge is 0.268 e. The van der Waals surface area contributed by atoms with Gasteiger partial charge in [0.2, 0.25) is 5.95 Å². The molecule has 30 heavy (non-hydrogen) atoms. The van der Waals surface area contributed by atoms with Crippen molar-refractivity contribution in [3.8, 4) is 5.69 Å². The van der Waals surface area contributed by atoms with Crippen molar-refractivity contribution in [2.24, 2.45) is 0 Å². The summed E-state index contributed by atoms with van der Waals surface area (Å²) >= 11 is 7.87. The molecule has 2 aromatic carbocycles. The molecule has 0 radical (unpaired) electrons. The van der Waals surface area contributed by atoms with E-state index >= 15 is 0 Å². The molecule has 1 aliphatic heterocycles. The van der Waals surface area contributed by atoms with E-state index in [1.165, 1.54) is 4.88 Å². The minimum atomic E-state index is -0.0418. The fourth-order valence-corrected chi connectivity index (χ4v) is 5.40. The predicted octanol–water partition coefficient (Wildman–Crippen LogP) is 4.70. The third kappa shape index (κ3) is 3.51. The number of benzene rings is 2. The number of thiophene rings is 1. The fraction of sp³-hybridized carbons (Fsp3) is 0.217. The first-order chi connectivity index (χ1) is 14.6. The summed E-state index contributed by atoms with van der Waals surface area (Å²) in [5.74, 6) is 0.533. The molecule has 0 amide bonds. The summed E-state index contributed by atoms with van der Waals surface area (Å²) in [6.45, 7) is 2.39. The van der Waals surface area contributed by atoms with Gasteiger partial charge in [-0.2, -0.15) is 0 Å². The summed E-state index contributed by atoms with van der Waals surface area (Å²) in [4.78, 5) is 22.9. The number of halogens is 1. The molecule has 3 heterocycles. The molecule has 5 nitrogen and oxygen atoms in total. The summed E-state index contributed by atoms with van der Waals surface area (Å²) in [5, 5.41) is 4.70. The summed E-state index contributed by atoms with van der Waals surface area (Å²) in [6.07, 6.45) is 0.870. The van der Waals surface area contributed by atoms with Gasteiger partial charge in [-0.15, -0.1) is 11.3 Å². The topological polar surface area (TPSA) is 50.2 Å². The molecule has 7 heteroatoms. The Labute approximate surface area is 183 Å². The van der Waals surface area contributed by atoms with Crippen LogP contribution >= 0.6 is 22.9 Å². The molecule has 0 fully saturated rings. The van der Waals surface area contributed by atoms with Crippen molar-refractivity contribution in [3.05, 3.63) is 86.0 Å². The van der Waals surface area contributed by atoms with Gasteiger partial charge >= 0.3 is 0 Å². The molecule has 0 saturated carbocycles. The predicted molar refractivity (Wildman–Crippen MR) is 124 cm³/mol. The van der Waals surface area contributed by atoms with E-state index in [0.29, 0.717) is 23.2 Å². The zero-order valence-corrected chi connectivity index (χ0v) is 18.1. The van der Waals surface area contributed by atoms with Crippen LogP contribution in [0.4, 0.5) is 5.95 Å². The van der Waals surface area contributed by atoms with Crippen LogP contribution in [0.2, 0.25) is 5.02 Å². The maximum absolute atomic E-state index is 13.7. The van der Waals surface area contributed by atoms with E-state index in [1.54, 1.807) is 28.0 Å². The lowest BCUT2D eigenvalue weighted by Gasteiger charge is -2.21. The van der Waals surface area contributed by atoms with E-state index in [1.807, 2.05) is 42.5 Å². The molecule has 0 aliphatic carbocycles. The summed E-state index contributed by atoms with van der Waals surface area (Å²) < 4.78 is 1.66. The van der Waals surface area contributed by atoms with E-state index in [9.17, 15) is 4.79 Å². The van der Waals surface area contributed by atoms with Gasteiger partial charge in [0.15, 0.2) is 0 Å². The zero-order valence-electron chi connectivity index (χ0n) is 16.6. The first kappa shape index (κ1) is 19.3. The highest BCUT2D eigenvalue weighted by molar-refractivity contribution is 7.18. The number of nitrogens with one attached hydrogen (secondary N) is 1. The van der Waals surface area contributed by atoms with Gasteiger partial charge in [0, 0.05) is 29.5 Å². The van der Waals surface area contributed by atoms with Gasteiger partial charge in [-0.25, -0.2) is 9.55 Å². The van der Waals surface area contributed by atoms with E-state index in [4.69, 9.17) is 16.6 Å². The molecule has 0 spiro atoms. The highest BCUT2D eigenvalue weighted by Gasteiger charge is 2.24. The van der Waals surface area contributed by atoms with Crippen molar-refractivity contribution in [3.63, 3.8) is 0 Å². The van der Waals surface area contributed by atoms with Gasteiger partial charge in [0.1, 0.15) is 4.83 Å². The van der Waals surface area contributed by atoms with E-state index in [-0.39, 0.29) is 5.56 Å². The number of likely N-dealkylation sites (N-methyl/N-ethyl adjacent to an activating group) is 1. The Kier molecular flexibility index (Phi) is 5.06. The van der Waals surface area contributed by atoms with E-state index in [2.05, 4.69) is 17.3 Å². The van der Waals surface area contributed by atoms with Crippen molar-refractivity contribution < 1.29 is 0 Å². The minimum Gasteiger partial charge on any atom is -0.351 e. The minimum absolute atomic E-state index is 0.0418. The fourth-order valence-electron chi connectivity index (χ4n) is 3.92. The number of aromatic nitrogens is 2. The number of fused-ring (bicyclic) bond motifs is 3. The summed E-state index contributed by atoms with van der Waals surface area (Å²) in [6, 6.07) is 17.4. The van der Waals surface area contributed by atoms with Gasteiger partial charge in [0.25, 0.3) is 5.56 Å². The van der Waals surface area contributed by atoms with Gasteiger partial charge in [-0.05, 0) is 42.8 Å². The quantitative estimate of drug-likeness (QED) is 0.503. The lowest BCUT2D eigenvalue weighted by molar-refractivity contribution is 0.318. The number of hydrogen-bond donors (Lipinski definition) is 1. The zero-order chi connectivity index (χ0) is 20.7. The van der Waals surface area contributed by atoms with Crippen LogP contribution in [0, 0.1) is 0 Å².